The summed E-state index contributed by atoms with van der Waals surface area (Å²) in [6, 6.07) is 17.5. The van der Waals surface area contributed by atoms with Gasteiger partial charge in [0.15, 0.2) is 0 Å². The summed E-state index contributed by atoms with van der Waals surface area (Å²) in [6.07, 6.45) is 3.26. The second-order valence-corrected chi connectivity index (χ2v) is 6.35. The van der Waals surface area contributed by atoms with E-state index in [1.54, 1.807) is 10.7 Å². The molecule has 3 heterocycles. The van der Waals surface area contributed by atoms with E-state index in [1.165, 1.54) is 13.3 Å². The van der Waals surface area contributed by atoms with Crippen LogP contribution in [-0.2, 0) is 11.3 Å². The zero-order valence-corrected chi connectivity index (χ0v) is 15.6. The number of esters is 1. The highest BCUT2D eigenvalue weighted by Gasteiger charge is 2.20. The van der Waals surface area contributed by atoms with Crippen molar-refractivity contribution in [2.75, 3.05) is 7.11 Å². The van der Waals surface area contributed by atoms with E-state index in [-0.39, 0.29) is 0 Å². The number of hydrogen-bond donors (Lipinski definition) is 0. The van der Waals surface area contributed by atoms with E-state index in [0.29, 0.717) is 23.4 Å². The van der Waals surface area contributed by atoms with Crippen LogP contribution in [0.1, 0.15) is 21.6 Å². The predicted octanol–water partition coefficient (Wildman–Crippen LogP) is 4.07. The minimum Gasteiger partial charge on any atom is -0.487 e. The standard InChI is InChI=1S/C22H19N3O3/c1-15-12-17(10-11-23-15)19-8-9-20(28-14-16-6-4-3-5-7-16)21-18(22(26)27-2)13-24-25(19)21/h3-13H,14H2,1-2H3. The zero-order chi connectivity index (χ0) is 19.5. The molecule has 0 aliphatic heterocycles. The van der Waals surface area contributed by atoms with Gasteiger partial charge in [-0.15, -0.1) is 0 Å². The largest absolute Gasteiger partial charge is 0.487 e. The minimum absolute atomic E-state index is 0.359. The number of methoxy groups -OCH3 is 1. The molecule has 4 rings (SSSR count). The summed E-state index contributed by atoms with van der Waals surface area (Å²) in [6.45, 7) is 2.32. The number of aromatic nitrogens is 3. The lowest BCUT2D eigenvalue weighted by Gasteiger charge is -2.12. The normalized spacial score (nSPS) is 10.8. The second-order valence-electron chi connectivity index (χ2n) is 6.35. The molecular formula is C22H19N3O3. The molecule has 0 saturated carbocycles. The van der Waals surface area contributed by atoms with Gasteiger partial charge >= 0.3 is 5.97 Å². The topological polar surface area (TPSA) is 65.7 Å². The maximum absolute atomic E-state index is 12.3. The number of rotatable bonds is 5. The molecule has 0 unspecified atom stereocenters. The van der Waals surface area contributed by atoms with E-state index in [1.807, 2.05) is 61.5 Å². The predicted molar refractivity (Wildman–Crippen MR) is 105 cm³/mol. The summed E-state index contributed by atoms with van der Waals surface area (Å²) in [4.78, 5) is 16.5. The van der Waals surface area contributed by atoms with Gasteiger partial charge in [-0.25, -0.2) is 9.31 Å². The number of pyridine rings is 2. The molecular weight excluding hydrogens is 354 g/mol. The Labute approximate surface area is 162 Å². The maximum atomic E-state index is 12.3. The molecule has 0 N–H and O–H groups in total. The van der Waals surface area contributed by atoms with Gasteiger partial charge in [-0.2, -0.15) is 5.10 Å². The Hall–Kier alpha value is -3.67. The third kappa shape index (κ3) is 3.32. The summed E-state index contributed by atoms with van der Waals surface area (Å²) in [5.41, 5.74) is 4.66. The Morgan fingerprint density at radius 1 is 1.11 bits per heavy atom. The Morgan fingerprint density at radius 3 is 2.68 bits per heavy atom. The lowest BCUT2D eigenvalue weighted by atomic mass is 10.1. The third-order valence-corrected chi connectivity index (χ3v) is 4.46. The van der Waals surface area contributed by atoms with E-state index in [4.69, 9.17) is 9.47 Å². The highest BCUT2D eigenvalue weighted by atomic mass is 16.5. The molecule has 28 heavy (non-hydrogen) atoms. The molecule has 0 aliphatic carbocycles. The molecule has 0 aliphatic rings. The zero-order valence-electron chi connectivity index (χ0n) is 15.6. The Balaban J connectivity index is 1.82. The Bertz CT molecular complexity index is 1140. The SMILES string of the molecule is COC(=O)c1cnn2c(-c3ccnc(C)c3)ccc(OCc3ccccc3)c12. The number of hydrogen-bond acceptors (Lipinski definition) is 5. The van der Waals surface area contributed by atoms with Crippen LogP contribution in [0.15, 0.2) is 67.0 Å². The number of aryl methyl sites for hydroxylation is 1. The first kappa shape index (κ1) is 17.7. The number of carbonyl (C=O) groups excluding carboxylic acids is 1. The molecule has 4 aromatic rings. The molecule has 0 amide bonds. The number of fused-ring (bicyclic) bond motifs is 1. The molecule has 0 fully saturated rings. The molecule has 140 valence electrons. The van der Waals surface area contributed by atoms with Gasteiger partial charge in [-0.1, -0.05) is 30.3 Å². The monoisotopic (exact) mass is 373 g/mol. The van der Waals surface area contributed by atoms with Crippen LogP contribution in [0.4, 0.5) is 0 Å². The molecule has 0 spiro atoms. The van der Waals surface area contributed by atoms with Crippen LogP contribution < -0.4 is 4.74 Å². The summed E-state index contributed by atoms with van der Waals surface area (Å²) in [5, 5.41) is 4.42. The van der Waals surface area contributed by atoms with Crippen LogP contribution in [-0.4, -0.2) is 27.7 Å². The van der Waals surface area contributed by atoms with E-state index < -0.39 is 5.97 Å². The van der Waals surface area contributed by atoms with Gasteiger partial charge in [-0.05, 0) is 36.8 Å². The van der Waals surface area contributed by atoms with Crippen molar-refractivity contribution in [3.8, 4) is 17.0 Å². The minimum atomic E-state index is -0.456. The van der Waals surface area contributed by atoms with E-state index in [9.17, 15) is 4.79 Å². The number of nitrogens with zero attached hydrogens (tertiary/aromatic N) is 3. The van der Waals surface area contributed by atoms with E-state index in [0.717, 1.165) is 22.5 Å². The van der Waals surface area contributed by atoms with Crippen molar-refractivity contribution in [1.82, 2.24) is 14.6 Å². The van der Waals surface area contributed by atoms with Crippen LogP contribution in [0.25, 0.3) is 16.8 Å². The summed E-state index contributed by atoms with van der Waals surface area (Å²) in [5.74, 6) is 0.110. The highest BCUT2D eigenvalue weighted by Crippen LogP contribution is 2.30. The van der Waals surface area contributed by atoms with Crippen molar-refractivity contribution in [2.45, 2.75) is 13.5 Å². The summed E-state index contributed by atoms with van der Waals surface area (Å²) >= 11 is 0. The van der Waals surface area contributed by atoms with Gasteiger partial charge in [0.2, 0.25) is 0 Å². The quantitative estimate of drug-likeness (QED) is 0.493. The first-order valence-corrected chi connectivity index (χ1v) is 8.86. The molecule has 0 saturated heterocycles. The Kier molecular flexibility index (Phi) is 4.76. The highest BCUT2D eigenvalue weighted by molar-refractivity contribution is 5.99. The Morgan fingerprint density at radius 2 is 1.93 bits per heavy atom. The summed E-state index contributed by atoms with van der Waals surface area (Å²) in [7, 11) is 1.35. The van der Waals surface area contributed by atoms with Crippen molar-refractivity contribution in [1.29, 1.82) is 0 Å². The molecule has 0 bridgehead atoms. The van der Waals surface area contributed by atoms with Gasteiger partial charge in [-0.3, -0.25) is 4.98 Å². The van der Waals surface area contributed by atoms with Crippen molar-refractivity contribution >= 4 is 11.5 Å². The van der Waals surface area contributed by atoms with Crippen molar-refractivity contribution in [3.63, 3.8) is 0 Å². The average molecular weight is 373 g/mol. The van der Waals surface area contributed by atoms with Crippen LogP contribution in [0.3, 0.4) is 0 Å². The number of ether oxygens (including phenoxy) is 2. The fraction of sp³-hybridized carbons (Fsp3) is 0.136. The molecule has 0 radical (unpaired) electrons. The van der Waals surface area contributed by atoms with E-state index >= 15 is 0 Å². The number of carbonyl (C=O) groups is 1. The van der Waals surface area contributed by atoms with Crippen molar-refractivity contribution < 1.29 is 14.3 Å². The summed E-state index contributed by atoms with van der Waals surface area (Å²) < 4.78 is 12.7. The fourth-order valence-corrected chi connectivity index (χ4v) is 3.11. The van der Waals surface area contributed by atoms with Crippen molar-refractivity contribution in [3.05, 3.63) is 83.8 Å². The van der Waals surface area contributed by atoms with Crippen LogP contribution >= 0.6 is 0 Å². The fourth-order valence-electron chi connectivity index (χ4n) is 3.11. The smallest absolute Gasteiger partial charge is 0.341 e. The van der Waals surface area contributed by atoms with Crippen molar-refractivity contribution in [2.24, 2.45) is 0 Å². The average Bonchev–Trinajstić information content (AvgIpc) is 3.17. The second kappa shape index (κ2) is 7.52. The number of benzene rings is 1. The molecule has 0 atom stereocenters. The molecule has 3 aromatic heterocycles. The van der Waals surface area contributed by atoms with E-state index in [2.05, 4.69) is 10.1 Å². The van der Waals surface area contributed by atoms with Crippen LogP contribution in [0.5, 0.6) is 5.75 Å². The van der Waals surface area contributed by atoms with Gasteiger partial charge < -0.3 is 9.47 Å². The maximum Gasteiger partial charge on any atom is 0.341 e. The first-order chi connectivity index (χ1) is 13.7. The van der Waals surface area contributed by atoms with Crippen LogP contribution in [0, 0.1) is 6.92 Å². The molecule has 6 nitrogen and oxygen atoms in total. The van der Waals surface area contributed by atoms with Gasteiger partial charge in [0, 0.05) is 17.5 Å². The van der Waals surface area contributed by atoms with Crippen LogP contribution in [0.2, 0.25) is 0 Å². The lowest BCUT2D eigenvalue weighted by Crippen LogP contribution is -2.04. The first-order valence-electron chi connectivity index (χ1n) is 8.86. The molecule has 6 heteroatoms. The van der Waals surface area contributed by atoms with Gasteiger partial charge in [0.05, 0.1) is 19.0 Å². The lowest BCUT2D eigenvalue weighted by molar-refractivity contribution is 0.0602. The third-order valence-electron chi connectivity index (χ3n) is 4.46. The molecule has 1 aromatic carbocycles. The van der Waals surface area contributed by atoms with Gasteiger partial charge in [0.25, 0.3) is 0 Å². The van der Waals surface area contributed by atoms with Gasteiger partial charge in [0.1, 0.15) is 23.4 Å².